The first-order valence-corrected chi connectivity index (χ1v) is 9.82. The summed E-state index contributed by atoms with van der Waals surface area (Å²) in [7, 11) is 3.51. The average molecular weight is 364 g/mol. The molecule has 8 nitrogen and oxygen atoms in total. The van der Waals surface area contributed by atoms with Crippen LogP contribution >= 0.6 is 0 Å². The van der Waals surface area contributed by atoms with Gasteiger partial charge in [-0.2, -0.15) is 5.10 Å². The quantitative estimate of drug-likeness (QED) is 0.547. The summed E-state index contributed by atoms with van der Waals surface area (Å²) in [6, 6.07) is 0.325. The van der Waals surface area contributed by atoms with E-state index in [1.54, 1.807) is 7.11 Å². The van der Waals surface area contributed by atoms with Gasteiger partial charge < -0.3 is 20.3 Å². The van der Waals surface area contributed by atoms with Crippen LogP contribution in [0.1, 0.15) is 37.8 Å². The van der Waals surface area contributed by atoms with E-state index in [9.17, 15) is 0 Å². The van der Waals surface area contributed by atoms with Crippen LogP contribution in [-0.4, -0.2) is 72.0 Å². The van der Waals surface area contributed by atoms with Gasteiger partial charge in [0.25, 0.3) is 0 Å². The topological polar surface area (TPSA) is 79.6 Å². The summed E-state index contributed by atoms with van der Waals surface area (Å²) in [5.41, 5.74) is 0. The molecule has 0 radical (unpaired) electrons. The second-order valence-electron chi connectivity index (χ2n) is 7.35. The van der Waals surface area contributed by atoms with Crippen LogP contribution in [0.3, 0.4) is 0 Å². The largest absolute Gasteiger partial charge is 0.377 e. The highest BCUT2D eigenvalue weighted by Gasteiger charge is 2.24. The third-order valence-electron chi connectivity index (χ3n) is 5.21. The first kappa shape index (κ1) is 19.1. The van der Waals surface area contributed by atoms with Crippen LogP contribution in [0.25, 0.3) is 0 Å². The van der Waals surface area contributed by atoms with Crippen LogP contribution in [0.5, 0.6) is 0 Å². The fourth-order valence-corrected chi connectivity index (χ4v) is 3.90. The molecule has 1 aromatic heterocycles. The number of hydrogen-bond donors (Lipinski definition) is 2. The predicted octanol–water partition coefficient (Wildman–Crippen LogP) is 0.636. The minimum absolute atomic E-state index is 0.325. The second-order valence-corrected chi connectivity index (χ2v) is 7.35. The number of fused-ring (bicyclic) bond motifs is 1. The van der Waals surface area contributed by atoms with Crippen molar-refractivity contribution in [3.63, 3.8) is 0 Å². The molecule has 0 aromatic carbocycles. The Balaban J connectivity index is 1.45. The van der Waals surface area contributed by atoms with Crippen molar-refractivity contribution in [2.45, 2.75) is 51.8 Å². The first-order valence-electron chi connectivity index (χ1n) is 9.82. The SMILES string of the molecule is CCCN1CCC(CNC(=NC)NC2CCc3nc(COC)nn3C2)C1. The van der Waals surface area contributed by atoms with E-state index in [1.165, 1.54) is 32.5 Å². The van der Waals surface area contributed by atoms with Gasteiger partial charge in [-0.05, 0) is 38.3 Å². The summed E-state index contributed by atoms with van der Waals surface area (Å²) < 4.78 is 7.13. The molecule has 146 valence electrons. The lowest BCUT2D eigenvalue weighted by Crippen LogP contribution is -2.48. The fourth-order valence-electron chi connectivity index (χ4n) is 3.90. The molecular formula is C18H33N7O. The smallest absolute Gasteiger partial charge is 0.191 e. The van der Waals surface area contributed by atoms with Crippen molar-refractivity contribution in [1.29, 1.82) is 0 Å². The molecule has 1 saturated heterocycles. The number of ether oxygens (including phenoxy) is 1. The molecule has 0 saturated carbocycles. The van der Waals surface area contributed by atoms with Gasteiger partial charge in [-0.1, -0.05) is 6.92 Å². The number of nitrogens with zero attached hydrogens (tertiary/aromatic N) is 5. The Kier molecular flexibility index (Phi) is 6.85. The Morgan fingerprint density at radius 3 is 3.00 bits per heavy atom. The molecule has 2 atom stereocenters. The highest BCUT2D eigenvalue weighted by Crippen LogP contribution is 2.16. The molecule has 0 aliphatic carbocycles. The van der Waals surface area contributed by atoms with Gasteiger partial charge in [-0.25, -0.2) is 9.67 Å². The van der Waals surface area contributed by atoms with Crippen LogP contribution in [0, 0.1) is 5.92 Å². The molecule has 0 amide bonds. The van der Waals surface area contributed by atoms with E-state index in [0.29, 0.717) is 18.6 Å². The lowest BCUT2D eigenvalue weighted by molar-refractivity contribution is 0.177. The highest BCUT2D eigenvalue weighted by atomic mass is 16.5. The number of methoxy groups -OCH3 is 1. The molecule has 2 N–H and O–H groups in total. The number of aliphatic imine (C=N–C) groups is 1. The number of hydrogen-bond acceptors (Lipinski definition) is 5. The van der Waals surface area contributed by atoms with Crippen molar-refractivity contribution < 1.29 is 4.74 Å². The van der Waals surface area contributed by atoms with Gasteiger partial charge in [0.2, 0.25) is 0 Å². The van der Waals surface area contributed by atoms with E-state index in [2.05, 4.69) is 37.5 Å². The average Bonchev–Trinajstić information content (AvgIpc) is 3.25. The van der Waals surface area contributed by atoms with E-state index < -0.39 is 0 Å². The molecule has 26 heavy (non-hydrogen) atoms. The maximum atomic E-state index is 5.13. The van der Waals surface area contributed by atoms with Crippen LogP contribution in [-0.2, 0) is 24.3 Å². The van der Waals surface area contributed by atoms with Crippen molar-refractivity contribution in [1.82, 2.24) is 30.3 Å². The molecule has 3 rings (SSSR count). The first-order chi connectivity index (χ1) is 12.7. The van der Waals surface area contributed by atoms with Crippen molar-refractivity contribution >= 4 is 5.96 Å². The van der Waals surface area contributed by atoms with Gasteiger partial charge in [0.15, 0.2) is 11.8 Å². The summed E-state index contributed by atoms with van der Waals surface area (Å²) in [5, 5.41) is 11.6. The normalized spacial score (nSPS) is 23.9. The lowest BCUT2D eigenvalue weighted by Gasteiger charge is -2.26. The van der Waals surface area contributed by atoms with E-state index in [-0.39, 0.29) is 0 Å². The summed E-state index contributed by atoms with van der Waals surface area (Å²) in [4.78, 5) is 11.5. The number of nitrogens with one attached hydrogen (secondary N) is 2. The molecule has 2 aliphatic heterocycles. The van der Waals surface area contributed by atoms with Crippen molar-refractivity contribution in [3.05, 3.63) is 11.6 Å². The monoisotopic (exact) mass is 363 g/mol. The van der Waals surface area contributed by atoms with Gasteiger partial charge >= 0.3 is 0 Å². The Labute approximate surface area is 156 Å². The van der Waals surface area contributed by atoms with E-state index in [4.69, 9.17) is 4.74 Å². The van der Waals surface area contributed by atoms with Crippen molar-refractivity contribution in [3.8, 4) is 0 Å². The molecule has 0 bridgehead atoms. The Hall–Kier alpha value is -1.67. The van der Waals surface area contributed by atoms with E-state index in [0.717, 1.165) is 43.5 Å². The Bertz CT molecular complexity index is 600. The molecule has 8 heteroatoms. The van der Waals surface area contributed by atoms with Crippen molar-refractivity contribution in [2.24, 2.45) is 10.9 Å². The van der Waals surface area contributed by atoms with E-state index >= 15 is 0 Å². The van der Waals surface area contributed by atoms with E-state index in [1.807, 2.05) is 11.7 Å². The number of guanidine groups is 1. The lowest BCUT2D eigenvalue weighted by atomic mass is 10.1. The Morgan fingerprint density at radius 2 is 2.23 bits per heavy atom. The number of rotatable bonds is 7. The zero-order valence-electron chi connectivity index (χ0n) is 16.4. The van der Waals surface area contributed by atoms with Crippen LogP contribution in [0.4, 0.5) is 0 Å². The van der Waals surface area contributed by atoms with Gasteiger partial charge in [-0.15, -0.1) is 0 Å². The summed E-state index contributed by atoms with van der Waals surface area (Å²) in [6.45, 7) is 8.17. The number of aryl methyl sites for hydroxylation is 1. The summed E-state index contributed by atoms with van der Waals surface area (Å²) in [5.74, 6) is 3.43. The maximum absolute atomic E-state index is 5.13. The zero-order valence-corrected chi connectivity index (χ0v) is 16.4. The number of aromatic nitrogens is 3. The van der Waals surface area contributed by atoms with Crippen LogP contribution in [0.2, 0.25) is 0 Å². The molecule has 2 unspecified atom stereocenters. The molecule has 0 spiro atoms. The standard InChI is InChI=1S/C18H33N7O/c1-4-8-24-9-7-14(11-24)10-20-18(19-2)21-15-5-6-17-22-16(13-26-3)23-25(17)12-15/h14-15H,4-13H2,1-3H3,(H2,19,20,21). The third-order valence-corrected chi connectivity index (χ3v) is 5.21. The highest BCUT2D eigenvalue weighted by molar-refractivity contribution is 5.79. The molecular weight excluding hydrogens is 330 g/mol. The minimum Gasteiger partial charge on any atom is -0.377 e. The van der Waals surface area contributed by atoms with Gasteiger partial charge in [0, 0.05) is 39.7 Å². The van der Waals surface area contributed by atoms with Gasteiger partial charge in [0.05, 0.1) is 6.54 Å². The fraction of sp³-hybridized carbons (Fsp3) is 0.833. The Morgan fingerprint density at radius 1 is 1.35 bits per heavy atom. The molecule has 1 aromatic rings. The molecule has 1 fully saturated rings. The molecule has 3 heterocycles. The number of likely N-dealkylation sites (tertiary alicyclic amines) is 1. The maximum Gasteiger partial charge on any atom is 0.191 e. The predicted molar refractivity (Wildman–Crippen MR) is 102 cm³/mol. The van der Waals surface area contributed by atoms with Crippen LogP contribution < -0.4 is 10.6 Å². The van der Waals surface area contributed by atoms with Crippen LogP contribution in [0.15, 0.2) is 4.99 Å². The van der Waals surface area contributed by atoms with Crippen molar-refractivity contribution in [2.75, 3.05) is 40.3 Å². The third kappa shape index (κ3) is 4.94. The molecule has 2 aliphatic rings. The summed E-state index contributed by atoms with van der Waals surface area (Å²) >= 11 is 0. The van der Waals surface area contributed by atoms with Gasteiger partial charge in [0.1, 0.15) is 12.4 Å². The summed E-state index contributed by atoms with van der Waals surface area (Å²) in [6.07, 6.45) is 4.49. The van der Waals surface area contributed by atoms with Gasteiger partial charge in [-0.3, -0.25) is 4.99 Å². The zero-order chi connectivity index (χ0) is 18.4. The second kappa shape index (κ2) is 9.32. The minimum atomic E-state index is 0.325.